The number of hydrogen-bond acceptors (Lipinski definition) is 1. The van der Waals surface area contributed by atoms with E-state index < -0.39 is 0 Å². The van der Waals surface area contributed by atoms with E-state index >= 15 is 0 Å². The summed E-state index contributed by atoms with van der Waals surface area (Å²) in [7, 11) is 0. The van der Waals surface area contributed by atoms with Crippen LogP contribution in [0.3, 0.4) is 0 Å². The average molecular weight is 415 g/mol. The maximum atomic E-state index is 6.13. The van der Waals surface area contributed by atoms with Crippen LogP contribution in [0.25, 0.3) is 11.3 Å². The van der Waals surface area contributed by atoms with Gasteiger partial charge in [-0.05, 0) is 87.5 Å². The van der Waals surface area contributed by atoms with Gasteiger partial charge in [0.05, 0.1) is 6.04 Å². The minimum Gasteiger partial charge on any atom is -0.455 e. The van der Waals surface area contributed by atoms with Crippen molar-refractivity contribution in [2.24, 2.45) is 23.2 Å². The van der Waals surface area contributed by atoms with Gasteiger partial charge >= 0.3 is 0 Å². The predicted octanol–water partition coefficient (Wildman–Crippen LogP) is 5.38. The van der Waals surface area contributed by atoms with Crippen molar-refractivity contribution in [2.75, 3.05) is 0 Å². The molecule has 0 amide bonds. The van der Waals surface area contributed by atoms with E-state index in [0.29, 0.717) is 11.5 Å². The monoisotopic (exact) mass is 414 g/mol. The van der Waals surface area contributed by atoms with Crippen LogP contribution in [0.4, 0.5) is 0 Å². The van der Waals surface area contributed by atoms with Crippen LogP contribution in [0.15, 0.2) is 45.3 Å². The standard InChI is InChI=1S/C23H28BrNO/c1-15(23-11-16-8-17(12-23)10-18(9-16)13-23)25-14-21-6-7-22(26-21)19-2-4-20(24)5-3-19/h2-7,15-18,25H,8-14H2,1H3/p+1/t15-,16?,17?,18?,23?/m0/s1. The number of hydrogen-bond donors (Lipinski definition) is 1. The molecule has 4 aliphatic carbocycles. The fourth-order valence-electron chi connectivity index (χ4n) is 6.54. The van der Waals surface area contributed by atoms with E-state index in [0.717, 1.165) is 45.9 Å². The maximum absolute atomic E-state index is 6.13. The Labute approximate surface area is 164 Å². The van der Waals surface area contributed by atoms with Crippen molar-refractivity contribution in [3.63, 3.8) is 0 Å². The molecular weight excluding hydrogens is 386 g/mol. The Balaban J connectivity index is 1.25. The highest BCUT2D eigenvalue weighted by atomic mass is 79.9. The molecule has 1 aromatic heterocycles. The van der Waals surface area contributed by atoms with E-state index in [9.17, 15) is 0 Å². The van der Waals surface area contributed by atoms with Gasteiger partial charge in [-0.3, -0.25) is 0 Å². The van der Waals surface area contributed by atoms with Crippen molar-refractivity contribution >= 4 is 15.9 Å². The first-order valence-electron chi connectivity index (χ1n) is 10.3. The van der Waals surface area contributed by atoms with E-state index in [2.05, 4.69) is 64.6 Å². The molecule has 1 aromatic carbocycles. The Morgan fingerprint density at radius 2 is 1.62 bits per heavy atom. The lowest BCUT2D eigenvalue weighted by molar-refractivity contribution is -0.718. The number of furan rings is 1. The lowest BCUT2D eigenvalue weighted by Crippen LogP contribution is -2.91. The molecule has 2 nitrogen and oxygen atoms in total. The Morgan fingerprint density at radius 1 is 1.00 bits per heavy atom. The molecule has 4 saturated carbocycles. The highest BCUT2D eigenvalue weighted by molar-refractivity contribution is 9.10. The molecule has 0 spiro atoms. The van der Waals surface area contributed by atoms with E-state index in [1.54, 1.807) is 0 Å². The van der Waals surface area contributed by atoms with Gasteiger partial charge in [0.2, 0.25) is 0 Å². The van der Waals surface area contributed by atoms with Crippen LogP contribution in [0, 0.1) is 23.2 Å². The average Bonchev–Trinajstić information content (AvgIpc) is 3.08. The predicted molar refractivity (Wildman–Crippen MR) is 108 cm³/mol. The molecule has 3 heteroatoms. The van der Waals surface area contributed by atoms with Gasteiger partial charge < -0.3 is 9.73 Å². The van der Waals surface area contributed by atoms with Gasteiger partial charge in [0.1, 0.15) is 12.3 Å². The molecule has 4 fully saturated rings. The SMILES string of the molecule is C[C@H]([NH2+]Cc1ccc(-c2ccc(Br)cc2)o1)C12CC3CC(CC(C3)C1)C2. The highest BCUT2D eigenvalue weighted by Crippen LogP contribution is 2.60. The third-order valence-electron chi connectivity index (χ3n) is 7.51. The number of halogens is 1. The summed E-state index contributed by atoms with van der Waals surface area (Å²) in [4.78, 5) is 0. The zero-order valence-corrected chi connectivity index (χ0v) is 17.2. The first-order valence-corrected chi connectivity index (χ1v) is 11.1. The van der Waals surface area contributed by atoms with Crippen LogP contribution in [-0.4, -0.2) is 6.04 Å². The number of rotatable bonds is 5. The first kappa shape index (κ1) is 17.1. The topological polar surface area (TPSA) is 29.8 Å². The van der Waals surface area contributed by atoms with Gasteiger partial charge in [0.25, 0.3) is 0 Å². The van der Waals surface area contributed by atoms with Crippen LogP contribution in [0.5, 0.6) is 0 Å². The van der Waals surface area contributed by atoms with Crippen molar-refractivity contribution in [3.8, 4) is 11.3 Å². The Kier molecular flexibility index (Phi) is 4.28. The summed E-state index contributed by atoms with van der Waals surface area (Å²) >= 11 is 3.49. The third-order valence-corrected chi connectivity index (χ3v) is 8.04. The second-order valence-corrected chi connectivity index (χ2v) is 10.2. The van der Waals surface area contributed by atoms with Crippen molar-refractivity contribution in [1.82, 2.24) is 0 Å². The fraction of sp³-hybridized carbons (Fsp3) is 0.565. The van der Waals surface area contributed by atoms with Crippen molar-refractivity contribution < 1.29 is 9.73 Å². The van der Waals surface area contributed by atoms with Gasteiger partial charge in [-0.25, -0.2) is 0 Å². The first-order chi connectivity index (χ1) is 12.6. The fourth-order valence-corrected chi connectivity index (χ4v) is 6.80. The summed E-state index contributed by atoms with van der Waals surface area (Å²) in [5.41, 5.74) is 1.75. The Hall–Kier alpha value is -1.06. The van der Waals surface area contributed by atoms with Crippen LogP contribution in [-0.2, 0) is 6.54 Å². The van der Waals surface area contributed by atoms with Gasteiger partial charge in [0.15, 0.2) is 5.76 Å². The van der Waals surface area contributed by atoms with Gasteiger partial charge in [-0.15, -0.1) is 0 Å². The molecular formula is C23H29BrNO+. The lowest BCUT2D eigenvalue weighted by atomic mass is 9.48. The molecule has 0 radical (unpaired) electrons. The number of quaternary nitrogens is 1. The van der Waals surface area contributed by atoms with Crippen LogP contribution in [0.1, 0.15) is 51.2 Å². The van der Waals surface area contributed by atoms with Gasteiger partial charge in [-0.1, -0.05) is 28.1 Å². The molecule has 2 N–H and O–H groups in total. The molecule has 6 rings (SSSR count). The zero-order valence-electron chi connectivity index (χ0n) is 15.6. The van der Waals surface area contributed by atoms with E-state index in [4.69, 9.17) is 4.42 Å². The van der Waals surface area contributed by atoms with Crippen molar-refractivity contribution in [3.05, 3.63) is 46.6 Å². The normalized spacial score (nSPS) is 33.5. The molecule has 0 aliphatic heterocycles. The summed E-state index contributed by atoms with van der Waals surface area (Å²) < 4.78 is 7.23. The van der Waals surface area contributed by atoms with E-state index in [-0.39, 0.29) is 0 Å². The quantitative estimate of drug-likeness (QED) is 0.699. The largest absolute Gasteiger partial charge is 0.455 e. The molecule has 138 valence electrons. The van der Waals surface area contributed by atoms with Gasteiger partial charge in [-0.2, -0.15) is 0 Å². The Bertz CT molecular complexity index is 742. The molecule has 1 heterocycles. The maximum Gasteiger partial charge on any atom is 0.158 e. The minimum atomic E-state index is 0.607. The number of nitrogens with two attached hydrogens (primary N) is 1. The summed E-state index contributed by atoms with van der Waals surface area (Å²) in [5, 5.41) is 2.55. The molecule has 4 bridgehead atoms. The Morgan fingerprint density at radius 3 is 2.23 bits per heavy atom. The van der Waals surface area contributed by atoms with Crippen LogP contribution in [0.2, 0.25) is 0 Å². The summed E-state index contributed by atoms with van der Waals surface area (Å²) in [6.07, 6.45) is 9.04. The van der Waals surface area contributed by atoms with E-state index in [1.165, 1.54) is 38.5 Å². The minimum absolute atomic E-state index is 0.607. The van der Waals surface area contributed by atoms with E-state index in [1.807, 2.05) is 0 Å². The molecule has 26 heavy (non-hydrogen) atoms. The number of benzene rings is 1. The lowest BCUT2D eigenvalue weighted by Gasteiger charge is -2.57. The molecule has 2 aromatic rings. The van der Waals surface area contributed by atoms with Crippen molar-refractivity contribution in [2.45, 2.75) is 58.0 Å². The van der Waals surface area contributed by atoms with Crippen LogP contribution >= 0.6 is 15.9 Å². The summed E-state index contributed by atoms with van der Waals surface area (Å²) in [6.45, 7) is 3.44. The second kappa shape index (κ2) is 6.53. The molecule has 0 saturated heterocycles. The summed E-state index contributed by atoms with van der Waals surface area (Å²) in [6, 6.07) is 13.3. The third kappa shape index (κ3) is 3.07. The molecule has 4 aliphatic rings. The second-order valence-electron chi connectivity index (χ2n) is 9.28. The van der Waals surface area contributed by atoms with Crippen LogP contribution < -0.4 is 5.32 Å². The smallest absolute Gasteiger partial charge is 0.158 e. The zero-order chi connectivity index (χ0) is 17.7. The summed E-state index contributed by atoms with van der Waals surface area (Å²) in [5.74, 6) is 5.17. The molecule has 0 unspecified atom stereocenters. The molecule has 1 atom stereocenters. The highest BCUT2D eigenvalue weighted by Gasteiger charge is 2.54. The van der Waals surface area contributed by atoms with Gasteiger partial charge in [0, 0.05) is 15.5 Å². The van der Waals surface area contributed by atoms with Crippen molar-refractivity contribution in [1.29, 1.82) is 0 Å².